The van der Waals surface area contributed by atoms with Crippen molar-refractivity contribution in [1.29, 1.82) is 0 Å². The van der Waals surface area contributed by atoms with Gasteiger partial charge in [0.2, 0.25) is 0 Å². The molecule has 2 nitrogen and oxygen atoms in total. The third-order valence-electron chi connectivity index (χ3n) is 3.97. The Bertz CT molecular complexity index is 234. The highest BCUT2D eigenvalue weighted by Gasteiger charge is 2.48. The summed E-state index contributed by atoms with van der Waals surface area (Å²) < 4.78 is 0. The molecule has 2 atom stereocenters. The summed E-state index contributed by atoms with van der Waals surface area (Å²) in [5, 5.41) is 0. The van der Waals surface area contributed by atoms with Gasteiger partial charge in [-0.2, -0.15) is 0 Å². The summed E-state index contributed by atoms with van der Waals surface area (Å²) in [5.74, 6) is 1.24. The van der Waals surface area contributed by atoms with E-state index in [9.17, 15) is 4.79 Å². The van der Waals surface area contributed by atoms with Crippen molar-refractivity contribution in [3.05, 3.63) is 0 Å². The van der Waals surface area contributed by atoms with Crippen molar-refractivity contribution >= 4 is 5.78 Å². The molecule has 0 bridgehead atoms. The van der Waals surface area contributed by atoms with Crippen LogP contribution in [0.25, 0.3) is 0 Å². The van der Waals surface area contributed by atoms with Gasteiger partial charge in [0.15, 0.2) is 0 Å². The van der Waals surface area contributed by atoms with E-state index in [1.54, 1.807) is 0 Å². The second-order valence-electron chi connectivity index (χ2n) is 5.16. The number of ketones is 1. The van der Waals surface area contributed by atoms with Gasteiger partial charge in [0.25, 0.3) is 0 Å². The molecule has 1 saturated heterocycles. The van der Waals surface area contributed by atoms with E-state index < -0.39 is 0 Å². The molecule has 0 radical (unpaired) electrons. The summed E-state index contributed by atoms with van der Waals surface area (Å²) in [6.45, 7) is 5.41. The van der Waals surface area contributed by atoms with Gasteiger partial charge in [-0.1, -0.05) is 13.8 Å². The van der Waals surface area contributed by atoms with Gasteiger partial charge in [-0.15, -0.1) is 0 Å². The van der Waals surface area contributed by atoms with E-state index in [4.69, 9.17) is 0 Å². The molecular weight excluding hydrogens is 162 g/mol. The lowest BCUT2D eigenvalue weighted by molar-refractivity contribution is -0.134. The van der Waals surface area contributed by atoms with Crippen LogP contribution in [0.5, 0.6) is 0 Å². The van der Waals surface area contributed by atoms with E-state index in [0.717, 1.165) is 18.8 Å². The van der Waals surface area contributed by atoms with Crippen LogP contribution in [0.2, 0.25) is 0 Å². The lowest BCUT2D eigenvalue weighted by Crippen LogP contribution is -2.50. The number of rotatable bonds is 0. The number of hydrogen-bond acceptors (Lipinski definition) is 2. The monoisotopic (exact) mass is 181 g/mol. The smallest absolute Gasteiger partial charge is 0.140 e. The Balaban J connectivity index is 2.28. The molecule has 0 aromatic rings. The van der Waals surface area contributed by atoms with Crippen LogP contribution in [0.1, 0.15) is 33.1 Å². The first-order valence-corrected chi connectivity index (χ1v) is 5.27. The zero-order valence-electron chi connectivity index (χ0n) is 8.84. The number of Topliss-reactive ketones (excluding diaryl/α,β-unsaturated/α-hetero) is 1. The van der Waals surface area contributed by atoms with Gasteiger partial charge < -0.3 is 4.90 Å². The fraction of sp³-hybridized carbons (Fsp3) is 0.909. The molecule has 1 aliphatic heterocycles. The fourth-order valence-electron chi connectivity index (χ4n) is 3.27. The van der Waals surface area contributed by atoms with E-state index in [2.05, 4.69) is 25.8 Å². The minimum atomic E-state index is -0.103. The highest BCUT2D eigenvalue weighted by Crippen LogP contribution is 2.43. The van der Waals surface area contributed by atoms with Crippen molar-refractivity contribution in [2.75, 3.05) is 13.6 Å². The van der Waals surface area contributed by atoms with E-state index >= 15 is 0 Å². The maximum atomic E-state index is 11.8. The van der Waals surface area contributed by atoms with Crippen molar-refractivity contribution in [1.82, 2.24) is 4.90 Å². The highest BCUT2D eigenvalue weighted by atomic mass is 16.1. The van der Waals surface area contributed by atoms with Crippen molar-refractivity contribution in [2.24, 2.45) is 11.3 Å². The Labute approximate surface area is 80.3 Å². The van der Waals surface area contributed by atoms with Gasteiger partial charge in [-0.3, -0.25) is 4.79 Å². The van der Waals surface area contributed by atoms with Crippen LogP contribution in [0, 0.1) is 11.3 Å². The van der Waals surface area contributed by atoms with Crippen LogP contribution in [-0.2, 0) is 4.79 Å². The van der Waals surface area contributed by atoms with E-state index in [1.165, 1.54) is 13.0 Å². The Morgan fingerprint density at radius 1 is 1.38 bits per heavy atom. The molecular formula is C11H19NO. The zero-order chi connectivity index (χ0) is 9.64. The number of fused-ring (bicyclic) bond motifs is 1. The summed E-state index contributed by atoms with van der Waals surface area (Å²) in [4.78, 5) is 14.2. The molecule has 2 fully saturated rings. The second kappa shape index (κ2) is 2.81. The van der Waals surface area contributed by atoms with Gasteiger partial charge in [0, 0.05) is 17.9 Å². The molecule has 0 aromatic heterocycles. The fourth-order valence-corrected chi connectivity index (χ4v) is 3.27. The molecule has 13 heavy (non-hydrogen) atoms. The molecule has 2 unspecified atom stereocenters. The van der Waals surface area contributed by atoms with Crippen molar-refractivity contribution in [3.63, 3.8) is 0 Å². The third-order valence-corrected chi connectivity index (χ3v) is 3.97. The average Bonchev–Trinajstić information content (AvgIpc) is 2.41. The lowest BCUT2D eigenvalue weighted by atomic mass is 9.67. The molecule has 2 heteroatoms. The number of likely N-dealkylation sites (tertiary alicyclic amines) is 1. The molecule has 0 aromatic carbocycles. The lowest BCUT2D eigenvalue weighted by Gasteiger charge is -2.42. The minimum absolute atomic E-state index is 0.103. The SMILES string of the molecule is CN1CCC2CCC(=O)C(C)(C)C21. The largest absolute Gasteiger partial charge is 0.302 e. The predicted octanol–water partition coefficient (Wildman–Crippen LogP) is 1.70. The average molecular weight is 181 g/mol. The minimum Gasteiger partial charge on any atom is -0.302 e. The molecule has 1 aliphatic carbocycles. The summed E-state index contributed by atoms with van der Waals surface area (Å²) in [7, 11) is 2.16. The Kier molecular flexibility index (Phi) is 1.99. The van der Waals surface area contributed by atoms with E-state index in [1.807, 2.05) is 0 Å². The van der Waals surface area contributed by atoms with Crippen LogP contribution in [0.15, 0.2) is 0 Å². The molecule has 1 heterocycles. The quantitative estimate of drug-likeness (QED) is 0.567. The maximum Gasteiger partial charge on any atom is 0.140 e. The highest BCUT2D eigenvalue weighted by molar-refractivity contribution is 5.85. The van der Waals surface area contributed by atoms with Gasteiger partial charge in [0.1, 0.15) is 5.78 Å². The van der Waals surface area contributed by atoms with Crippen LogP contribution >= 0.6 is 0 Å². The van der Waals surface area contributed by atoms with Gasteiger partial charge in [-0.05, 0) is 32.4 Å². The van der Waals surface area contributed by atoms with Crippen molar-refractivity contribution < 1.29 is 4.79 Å². The number of nitrogens with zero attached hydrogens (tertiary/aromatic N) is 1. The Morgan fingerprint density at radius 2 is 2.08 bits per heavy atom. The van der Waals surface area contributed by atoms with E-state index in [-0.39, 0.29) is 5.41 Å². The van der Waals surface area contributed by atoms with Gasteiger partial charge in [-0.25, -0.2) is 0 Å². The second-order valence-corrected chi connectivity index (χ2v) is 5.16. The molecule has 2 aliphatic rings. The standard InChI is InChI=1S/C11H19NO/c1-11(2)9(13)5-4-8-6-7-12(3)10(8)11/h8,10H,4-7H2,1-3H3. The number of carbonyl (C=O) groups excluding carboxylic acids is 1. The summed E-state index contributed by atoms with van der Waals surface area (Å²) in [6, 6.07) is 0.508. The maximum absolute atomic E-state index is 11.8. The zero-order valence-corrected chi connectivity index (χ0v) is 8.84. The number of hydrogen-bond donors (Lipinski definition) is 0. The van der Waals surface area contributed by atoms with Crippen molar-refractivity contribution in [2.45, 2.75) is 39.2 Å². The van der Waals surface area contributed by atoms with Gasteiger partial charge in [0.05, 0.1) is 0 Å². The molecule has 0 N–H and O–H groups in total. The summed E-state index contributed by atoms with van der Waals surface area (Å²) in [6.07, 6.45) is 3.22. The van der Waals surface area contributed by atoms with Crippen LogP contribution in [0.3, 0.4) is 0 Å². The topological polar surface area (TPSA) is 20.3 Å². The van der Waals surface area contributed by atoms with Gasteiger partial charge >= 0.3 is 0 Å². The molecule has 1 saturated carbocycles. The summed E-state index contributed by atoms with van der Waals surface area (Å²) >= 11 is 0. The first-order chi connectivity index (χ1) is 6.03. The van der Waals surface area contributed by atoms with Crippen LogP contribution < -0.4 is 0 Å². The number of carbonyl (C=O) groups is 1. The predicted molar refractivity (Wildman–Crippen MR) is 52.5 cm³/mol. The molecule has 74 valence electrons. The first-order valence-electron chi connectivity index (χ1n) is 5.27. The first kappa shape index (κ1) is 9.20. The van der Waals surface area contributed by atoms with Crippen LogP contribution in [0.4, 0.5) is 0 Å². The Hall–Kier alpha value is -0.370. The Morgan fingerprint density at radius 3 is 2.77 bits per heavy atom. The molecule has 2 rings (SSSR count). The molecule has 0 spiro atoms. The normalized spacial score (nSPS) is 39.2. The third kappa shape index (κ3) is 1.23. The van der Waals surface area contributed by atoms with Crippen LogP contribution in [-0.4, -0.2) is 30.3 Å². The molecule has 0 amide bonds. The van der Waals surface area contributed by atoms with Crippen molar-refractivity contribution in [3.8, 4) is 0 Å². The summed E-state index contributed by atoms with van der Waals surface area (Å²) in [5.41, 5.74) is -0.103. The van der Waals surface area contributed by atoms with E-state index in [0.29, 0.717) is 11.8 Å².